The summed E-state index contributed by atoms with van der Waals surface area (Å²) in [4.78, 5) is 14.0. The van der Waals surface area contributed by atoms with Crippen LogP contribution in [0.1, 0.15) is 19.8 Å². The fourth-order valence-electron chi connectivity index (χ4n) is 2.83. The van der Waals surface area contributed by atoms with Crippen molar-refractivity contribution in [3.8, 4) is 11.5 Å². The second kappa shape index (κ2) is 11.3. The van der Waals surface area contributed by atoms with E-state index in [-0.39, 0.29) is 36.8 Å². The van der Waals surface area contributed by atoms with E-state index in [0.717, 1.165) is 36.7 Å². The van der Waals surface area contributed by atoms with Crippen LogP contribution in [-0.4, -0.2) is 45.8 Å². The number of carbonyl (C=O) groups excluding carboxylic acids is 1. The lowest BCUT2D eigenvalue weighted by Gasteiger charge is -2.20. The van der Waals surface area contributed by atoms with Crippen molar-refractivity contribution >= 4 is 36.4 Å². The van der Waals surface area contributed by atoms with Crippen LogP contribution in [0.4, 0.5) is 5.69 Å². The van der Waals surface area contributed by atoms with Gasteiger partial charge in [0.15, 0.2) is 0 Å². The van der Waals surface area contributed by atoms with Gasteiger partial charge in [-0.05, 0) is 19.3 Å². The second-order valence-corrected chi connectivity index (χ2v) is 6.16. The molecule has 0 spiro atoms. The molecule has 1 aromatic rings. The number of hydrogen-bond donors (Lipinski definition) is 2. The molecule has 1 amide bonds. The van der Waals surface area contributed by atoms with E-state index in [4.69, 9.17) is 15.2 Å². The maximum absolute atomic E-state index is 11.7. The minimum Gasteiger partial charge on any atom is -0.497 e. The number of hydrogen-bond acceptors (Lipinski definition) is 5. The van der Waals surface area contributed by atoms with Gasteiger partial charge in [-0.3, -0.25) is 4.79 Å². The van der Waals surface area contributed by atoms with Crippen LogP contribution < -0.4 is 25.4 Å². The lowest BCUT2D eigenvalue weighted by molar-refractivity contribution is -0.121. The van der Waals surface area contributed by atoms with Crippen LogP contribution >= 0.6 is 24.8 Å². The molecule has 1 saturated heterocycles. The standard InChI is InChI=1S/C17H27N3O3.2ClH/c1-12(18)6-17(21)19-10-13-4-5-20(11-13)14-7-15(22-2)9-16(8-14)23-3;;/h7-9,12-13H,4-6,10-11,18H2,1-3H3,(H,19,21);2*1H. The van der Waals surface area contributed by atoms with Crippen LogP contribution in [0.2, 0.25) is 0 Å². The first kappa shape index (κ1) is 23.6. The molecule has 0 bridgehead atoms. The van der Waals surface area contributed by atoms with Crippen molar-refractivity contribution in [1.82, 2.24) is 5.32 Å². The lowest BCUT2D eigenvalue weighted by atomic mass is 10.1. The summed E-state index contributed by atoms with van der Waals surface area (Å²) in [6.45, 7) is 4.41. The summed E-state index contributed by atoms with van der Waals surface area (Å²) in [6.07, 6.45) is 1.43. The molecule has 2 atom stereocenters. The highest BCUT2D eigenvalue weighted by molar-refractivity contribution is 5.85. The van der Waals surface area contributed by atoms with Crippen molar-refractivity contribution in [2.24, 2.45) is 11.7 Å². The van der Waals surface area contributed by atoms with Gasteiger partial charge in [0.05, 0.1) is 14.2 Å². The predicted molar refractivity (Wildman–Crippen MR) is 106 cm³/mol. The summed E-state index contributed by atoms with van der Waals surface area (Å²) in [7, 11) is 3.30. The van der Waals surface area contributed by atoms with Crippen molar-refractivity contribution in [2.75, 3.05) is 38.8 Å². The number of nitrogens with zero attached hydrogens (tertiary/aromatic N) is 1. The second-order valence-electron chi connectivity index (χ2n) is 6.16. The van der Waals surface area contributed by atoms with Crippen LogP contribution in [0.15, 0.2) is 18.2 Å². The molecular formula is C17H29Cl2N3O3. The fourth-order valence-corrected chi connectivity index (χ4v) is 2.83. The third-order valence-electron chi connectivity index (χ3n) is 4.08. The average molecular weight is 394 g/mol. The number of methoxy groups -OCH3 is 2. The Bertz CT molecular complexity index is 522. The van der Waals surface area contributed by atoms with Crippen molar-refractivity contribution in [3.63, 3.8) is 0 Å². The summed E-state index contributed by atoms with van der Waals surface area (Å²) in [5, 5.41) is 2.98. The van der Waals surface area contributed by atoms with Gasteiger partial charge in [-0.1, -0.05) is 0 Å². The minimum absolute atomic E-state index is 0. The minimum atomic E-state index is -0.0978. The first-order valence-corrected chi connectivity index (χ1v) is 8.02. The largest absolute Gasteiger partial charge is 0.497 e. The zero-order valence-electron chi connectivity index (χ0n) is 15.0. The molecule has 0 saturated carbocycles. The van der Waals surface area contributed by atoms with E-state index >= 15 is 0 Å². The molecule has 1 heterocycles. The number of rotatable bonds is 7. The molecule has 2 unspecified atom stereocenters. The van der Waals surface area contributed by atoms with E-state index in [2.05, 4.69) is 10.2 Å². The molecule has 0 aliphatic carbocycles. The van der Waals surface area contributed by atoms with Crippen molar-refractivity contribution in [2.45, 2.75) is 25.8 Å². The quantitative estimate of drug-likeness (QED) is 0.742. The Hall–Kier alpha value is -1.37. The first-order valence-electron chi connectivity index (χ1n) is 8.02. The van der Waals surface area contributed by atoms with Gasteiger partial charge in [0.2, 0.25) is 5.91 Å². The van der Waals surface area contributed by atoms with Crippen LogP contribution in [0.3, 0.4) is 0 Å². The molecule has 1 aliphatic rings. The molecule has 2 rings (SSSR count). The summed E-state index contributed by atoms with van der Waals surface area (Å²) in [5.41, 5.74) is 6.73. The number of carbonyl (C=O) groups is 1. The molecule has 6 nitrogen and oxygen atoms in total. The maximum atomic E-state index is 11.7. The van der Waals surface area contributed by atoms with Crippen LogP contribution in [0, 0.1) is 5.92 Å². The third kappa shape index (κ3) is 7.18. The van der Waals surface area contributed by atoms with E-state index in [1.54, 1.807) is 14.2 Å². The Morgan fingerprint density at radius 2 is 1.88 bits per heavy atom. The van der Waals surface area contributed by atoms with E-state index in [0.29, 0.717) is 18.9 Å². The Morgan fingerprint density at radius 1 is 1.28 bits per heavy atom. The number of nitrogens with one attached hydrogen (secondary N) is 1. The molecule has 1 fully saturated rings. The summed E-state index contributed by atoms with van der Waals surface area (Å²) >= 11 is 0. The fraction of sp³-hybridized carbons (Fsp3) is 0.588. The maximum Gasteiger partial charge on any atom is 0.221 e. The van der Waals surface area contributed by atoms with Gasteiger partial charge in [-0.15, -0.1) is 24.8 Å². The SMILES string of the molecule is COc1cc(OC)cc(N2CCC(CNC(=O)CC(C)N)C2)c1.Cl.Cl. The number of ether oxygens (including phenoxy) is 2. The summed E-state index contributed by atoms with van der Waals surface area (Å²) in [6, 6.07) is 5.80. The van der Waals surface area contributed by atoms with Crippen LogP contribution in [0.25, 0.3) is 0 Å². The molecule has 3 N–H and O–H groups in total. The molecule has 1 aromatic carbocycles. The van der Waals surface area contributed by atoms with Crippen molar-refractivity contribution in [3.05, 3.63) is 18.2 Å². The first-order chi connectivity index (χ1) is 11.0. The molecular weight excluding hydrogens is 365 g/mol. The Labute approximate surface area is 162 Å². The highest BCUT2D eigenvalue weighted by Gasteiger charge is 2.24. The highest BCUT2D eigenvalue weighted by atomic mass is 35.5. The van der Waals surface area contributed by atoms with Crippen molar-refractivity contribution in [1.29, 1.82) is 0 Å². The van der Waals surface area contributed by atoms with Gasteiger partial charge in [-0.25, -0.2) is 0 Å². The van der Waals surface area contributed by atoms with E-state index in [1.807, 2.05) is 25.1 Å². The molecule has 0 radical (unpaired) electrons. The predicted octanol–water partition coefficient (Wildman–Crippen LogP) is 2.23. The topological polar surface area (TPSA) is 76.8 Å². The normalized spacial score (nSPS) is 17.1. The molecule has 1 aliphatic heterocycles. The van der Waals surface area contributed by atoms with Gasteiger partial charge in [-0.2, -0.15) is 0 Å². The summed E-state index contributed by atoms with van der Waals surface area (Å²) in [5.74, 6) is 2.05. The van der Waals surface area contributed by atoms with Crippen LogP contribution in [0.5, 0.6) is 11.5 Å². The Morgan fingerprint density at radius 3 is 2.40 bits per heavy atom. The van der Waals surface area contributed by atoms with Crippen LogP contribution in [-0.2, 0) is 4.79 Å². The van der Waals surface area contributed by atoms with Gasteiger partial charge in [0.25, 0.3) is 0 Å². The highest BCUT2D eigenvalue weighted by Crippen LogP contribution is 2.31. The third-order valence-corrected chi connectivity index (χ3v) is 4.08. The number of anilines is 1. The zero-order valence-corrected chi connectivity index (χ0v) is 16.6. The zero-order chi connectivity index (χ0) is 16.8. The molecule has 25 heavy (non-hydrogen) atoms. The summed E-state index contributed by atoms with van der Waals surface area (Å²) < 4.78 is 10.6. The van der Waals surface area contributed by atoms with E-state index < -0.39 is 0 Å². The van der Waals surface area contributed by atoms with Gasteiger partial charge in [0, 0.05) is 56.0 Å². The number of nitrogens with two attached hydrogens (primary N) is 1. The number of benzene rings is 1. The van der Waals surface area contributed by atoms with E-state index in [9.17, 15) is 4.79 Å². The van der Waals surface area contributed by atoms with Crippen molar-refractivity contribution < 1.29 is 14.3 Å². The molecule has 0 aromatic heterocycles. The Balaban J connectivity index is 0.00000288. The number of amides is 1. The average Bonchev–Trinajstić information content (AvgIpc) is 3.00. The van der Waals surface area contributed by atoms with E-state index in [1.165, 1.54) is 0 Å². The van der Waals surface area contributed by atoms with Gasteiger partial charge in [0.1, 0.15) is 11.5 Å². The number of halogens is 2. The van der Waals surface area contributed by atoms with Gasteiger partial charge >= 0.3 is 0 Å². The molecule has 8 heteroatoms. The lowest BCUT2D eigenvalue weighted by Crippen LogP contribution is -2.34. The van der Waals surface area contributed by atoms with Gasteiger partial charge < -0.3 is 25.4 Å². The smallest absolute Gasteiger partial charge is 0.221 e. The molecule has 144 valence electrons. The monoisotopic (exact) mass is 393 g/mol. The Kier molecular flexibility index (Phi) is 10.7.